The first kappa shape index (κ1) is 13.9. The lowest BCUT2D eigenvalue weighted by molar-refractivity contribution is 0.0595. The lowest BCUT2D eigenvalue weighted by Gasteiger charge is -2.22. The van der Waals surface area contributed by atoms with Crippen molar-refractivity contribution in [3.63, 3.8) is 0 Å². The molecular formula is C12H15ClFNO2. The molecule has 17 heavy (non-hydrogen) atoms. The number of carbonyl (C=O) groups is 1. The second-order valence-electron chi connectivity index (χ2n) is 4.02. The zero-order chi connectivity index (χ0) is 11.7. The summed E-state index contributed by atoms with van der Waals surface area (Å²) in [6, 6.07) is 2.83. The normalized spacial score (nSPS) is 17.9. The molecular weight excluding hydrogens is 245 g/mol. The Morgan fingerprint density at radius 3 is 2.88 bits per heavy atom. The van der Waals surface area contributed by atoms with Crippen molar-refractivity contribution in [2.45, 2.75) is 25.3 Å². The van der Waals surface area contributed by atoms with E-state index in [2.05, 4.69) is 4.74 Å². The first-order chi connectivity index (χ1) is 7.63. The molecule has 0 unspecified atom stereocenters. The highest BCUT2D eigenvalue weighted by Gasteiger charge is 2.22. The third kappa shape index (κ3) is 2.58. The van der Waals surface area contributed by atoms with E-state index in [9.17, 15) is 9.18 Å². The van der Waals surface area contributed by atoms with Gasteiger partial charge < -0.3 is 10.5 Å². The SMILES string of the molecule is COC(=O)c1cc2c(cc1F)CCC[C@H]2N.Cl. The fraction of sp³-hybridized carbons (Fsp3) is 0.417. The van der Waals surface area contributed by atoms with Crippen LogP contribution < -0.4 is 5.73 Å². The Morgan fingerprint density at radius 1 is 1.53 bits per heavy atom. The molecule has 3 nitrogen and oxygen atoms in total. The van der Waals surface area contributed by atoms with E-state index in [1.807, 2.05) is 0 Å². The third-order valence-electron chi connectivity index (χ3n) is 2.99. The molecule has 1 aliphatic carbocycles. The van der Waals surface area contributed by atoms with Gasteiger partial charge in [0, 0.05) is 6.04 Å². The number of benzene rings is 1. The quantitative estimate of drug-likeness (QED) is 0.788. The minimum absolute atomic E-state index is 0. The van der Waals surface area contributed by atoms with Gasteiger partial charge in [-0.1, -0.05) is 0 Å². The van der Waals surface area contributed by atoms with Gasteiger partial charge in [0.25, 0.3) is 0 Å². The number of nitrogens with two attached hydrogens (primary N) is 1. The van der Waals surface area contributed by atoms with Crippen LogP contribution in [0.25, 0.3) is 0 Å². The second-order valence-corrected chi connectivity index (χ2v) is 4.02. The molecule has 0 spiro atoms. The van der Waals surface area contributed by atoms with E-state index in [0.29, 0.717) is 0 Å². The van der Waals surface area contributed by atoms with Gasteiger partial charge in [-0.15, -0.1) is 12.4 Å². The Bertz CT molecular complexity index is 437. The number of ether oxygens (including phenoxy) is 1. The maximum atomic E-state index is 13.6. The highest BCUT2D eigenvalue weighted by atomic mass is 35.5. The molecule has 0 aliphatic heterocycles. The molecule has 1 aromatic rings. The molecule has 0 amide bonds. The molecule has 2 rings (SSSR count). The average molecular weight is 260 g/mol. The number of hydrogen-bond donors (Lipinski definition) is 1. The molecule has 1 atom stereocenters. The van der Waals surface area contributed by atoms with Crippen molar-refractivity contribution < 1.29 is 13.9 Å². The zero-order valence-electron chi connectivity index (χ0n) is 9.53. The van der Waals surface area contributed by atoms with Crippen molar-refractivity contribution >= 4 is 18.4 Å². The van der Waals surface area contributed by atoms with Crippen LogP contribution in [0.1, 0.15) is 40.4 Å². The Hall–Kier alpha value is -1.13. The van der Waals surface area contributed by atoms with E-state index in [1.165, 1.54) is 19.2 Å². The first-order valence-electron chi connectivity index (χ1n) is 5.29. The number of aryl methyl sites for hydroxylation is 1. The van der Waals surface area contributed by atoms with Gasteiger partial charge in [-0.05, 0) is 42.5 Å². The summed E-state index contributed by atoms with van der Waals surface area (Å²) in [4.78, 5) is 11.3. The minimum Gasteiger partial charge on any atom is -0.465 e. The Kier molecular flexibility index (Phi) is 4.48. The summed E-state index contributed by atoms with van der Waals surface area (Å²) in [7, 11) is 1.24. The van der Waals surface area contributed by atoms with Crippen molar-refractivity contribution in [3.05, 3.63) is 34.6 Å². The first-order valence-corrected chi connectivity index (χ1v) is 5.29. The molecule has 2 N–H and O–H groups in total. The fourth-order valence-electron chi connectivity index (χ4n) is 2.13. The molecule has 1 aliphatic rings. The van der Waals surface area contributed by atoms with Gasteiger partial charge in [0.05, 0.1) is 12.7 Å². The highest BCUT2D eigenvalue weighted by molar-refractivity contribution is 5.90. The van der Waals surface area contributed by atoms with Gasteiger partial charge >= 0.3 is 5.97 Å². The molecule has 1 aromatic carbocycles. The average Bonchev–Trinajstić information content (AvgIpc) is 2.28. The molecule has 94 valence electrons. The number of halogens is 2. The molecule has 0 fully saturated rings. The number of esters is 1. The second kappa shape index (κ2) is 5.47. The topological polar surface area (TPSA) is 52.3 Å². The van der Waals surface area contributed by atoms with Crippen LogP contribution in [0.5, 0.6) is 0 Å². The van der Waals surface area contributed by atoms with E-state index < -0.39 is 11.8 Å². The van der Waals surface area contributed by atoms with Crippen LogP contribution >= 0.6 is 12.4 Å². The van der Waals surface area contributed by atoms with E-state index in [-0.39, 0.29) is 24.0 Å². The molecule has 0 heterocycles. The smallest absolute Gasteiger partial charge is 0.340 e. The summed E-state index contributed by atoms with van der Waals surface area (Å²) in [5.41, 5.74) is 7.68. The van der Waals surface area contributed by atoms with E-state index in [0.717, 1.165) is 30.4 Å². The van der Waals surface area contributed by atoms with Crippen molar-refractivity contribution in [1.82, 2.24) is 0 Å². The lowest BCUT2D eigenvalue weighted by atomic mass is 9.87. The fourth-order valence-corrected chi connectivity index (χ4v) is 2.13. The number of rotatable bonds is 1. The third-order valence-corrected chi connectivity index (χ3v) is 2.99. The molecule has 0 saturated heterocycles. The Balaban J connectivity index is 0.00000144. The maximum Gasteiger partial charge on any atom is 0.340 e. The van der Waals surface area contributed by atoms with Gasteiger partial charge in [0.1, 0.15) is 5.82 Å². The molecule has 0 aromatic heterocycles. The predicted molar refractivity (Wildman–Crippen MR) is 64.9 cm³/mol. The number of methoxy groups -OCH3 is 1. The van der Waals surface area contributed by atoms with Crippen LogP contribution in [0.2, 0.25) is 0 Å². The van der Waals surface area contributed by atoms with Crippen LogP contribution in [0.3, 0.4) is 0 Å². The molecule has 0 radical (unpaired) electrons. The molecule has 0 bridgehead atoms. The van der Waals surface area contributed by atoms with Gasteiger partial charge in [-0.25, -0.2) is 9.18 Å². The van der Waals surface area contributed by atoms with Crippen molar-refractivity contribution in [1.29, 1.82) is 0 Å². The van der Waals surface area contributed by atoms with E-state index in [4.69, 9.17) is 5.73 Å². The van der Waals surface area contributed by atoms with E-state index >= 15 is 0 Å². The maximum absolute atomic E-state index is 13.6. The monoisotopic (exact) mass is 259 g/mol. The minimum atomic E-state index is -0.655. The van der Waals surface area contributed by atoms with Crippen molar-refractivity contribution in [3.8, 4) is 0 Å². The van der Waals surface area contributed by atoms with E-state index in [1.54, 1.807) is 0 Å². The number of hydrogen-bond acceptors (Lipinski definition) is 3. The Morgan fingerprint density at radius 2 is 2.24 bits per heavy atom. The predicted octanol–water partition coefficient (Wildman–Crippen LogP) is 2.37. The molecule has 5 heteroatoms. The summed E-state index contributed by atoms with van der Waals surface area (Å²) >= 11 is 0. The van der Waals surface area contributed by atoms with Gasteiger partial charge in [0.2, 0.25) is 0 Å². The standard InChI is InChI=1S/C12H14FNO2.ClH/c1-16-12(15)9-6-8-7(5-10(9)13)3-2-4-11(8)14;/h5-6,11H,2-4,14H2,1H3;1H/t11-;/m1./s1. The Labute approximate surface area is 106 Å². The van der Waals surface area contributed by atoms with Gasteiger partial charge in [0.15, 0.2) is 0 Å². The number of fused-ring (bicyclic) bond motifs is 1. The van der Waals surface area contributed by atoms with Crippen LogP contribution in [0.4, 0.5) is 4.39 Å². The van der Waals surface area contributed by atoms with Crippen LogP contribution in [-0.4, -0.2) is 13.1 Å². The number of carbonyl (C=O) groups excluding carboxylic acids is 1. The summed E-state index contributed by atoms with van der Waals surface area (Å²) in [6.45, 7) is 0. The largest absolute Gasteiger partial charge is 0.465 e. The lowest BCUT2D eigenvalue weighted by Crippen LogP contribution is -2.19. The van der Waals surface area contributed by atoms with Crippen molar-refractivity contribution in [2.24, 2.45) is 5.73 Å². The highest BCUT2D eigenvalue weighted by Crippen LogP contribution is 2.30. The van der Waals surface area contributed by atoms with Crippen LogP contribution in [0, 0.1) is 5.82 Å². The summed E-state index contributed by atoms with van der Waals surface area (Å²) in [6.07, 6.45) is 2.66. The van der Waals surface area contributed by atoms with Crippen LogP contribution in [-0.2, 0) is 11.2 Å². The van der Waals surface area contributed by atoms with Crippen molar-refractivity contribution in [2.75, 3.05) is 7.11 Å². The van der Waals surface area contributed by atoms with Crippen LogP contribution in [0.15, 0.2) is 12.1 Å². The molecule has 0 saturated carbocycles. The summed E-state index contributed by atoms with van der Waals surface area (Å²) in [5, 5.41) is 0. The zero-order valence-corrected chi connectivity index (χ0v) is 10.3. The summed E-state index contributed by atoms with van der Waals surface area (Å²) < 4.78 is 18.1. The summed E-state index contributed by atoms with van der Waals surface area (Å²) in [5.74, 6) is -1.18. The van der Waals surface area contributed by atoms with Gasteiger partial charge in [-0.2, -0.15) is 0 Å². The van der Waals surface area contributed by atoms with Gasteiger partial charge in [-0.3, -0.25) is 0 Å².